The Labute approximate surface area is 204 Å². The van der Waals surface area contributed by atoms with Gasteiger partial charge in [-0.2, -0.15) is 10.4 Å². The highest BCUT2D eigenvalue weighted by molar-refractivity contribution is 7.09. The van der Waals surface area contributed by atoms with Crippen LogP contribution in [0, 0.1) is 17.2 Å². The number of hydrogen-bond donors (Lipinski definition) is 3. The fourth-order valence-corrected chi connectivity index (χ4v) is 5.02. The number of rotatable bonds is 9. The standard InChI is InChI=1S/C25H31N7OS/c26-16-22-23(30-32(24(22)27)20-6-2-1-3-7-20)9-4-12-28-25(33)29-17-19-10-13-31(14-11-19)18-21-8-5-15-34-21/h1-3,5-8,15,19H,4,9-14,17-18,27H2,(H2,28,29,33). The Morgan fingerprint density at radius 2 is 1.97 bits per heavy atom. The van der Waals surface area contributed by atoms with E-state index >= 15 is 0 Å². The quantitative estimate of drug-likeness (QED) is 0.408. The van der Waals surface area contributed by atoms with Gasteiger partial charge in [-0.3, -0.25) is 4.90 Å². The van der Waals surface area contributed by atoms with E-state index < -0.39 is 0 Å². The molecule has 8 nitrogen and oxygen atoms in total. The summed E-state index contributed by atoms with van der Waals surface area (Å²) in [4.78, 5) is 16.1. The van der Waals surface area contributed by atoms with Gasteiger partial charge in [-0.15, -0.1) is 11.3 Å². The molecule has 1 fully saturated rings. The van der Waals surface area contributed by atoms with Gasteiger partial charge >= 0.3 is 6.03 Å². The number of amides is 2. The van der Waals surface area contributed by atoms with Crippen molar-refractivity contribution in [2.24, 2.45) is 5.92 Å². The van der Waals surface area contributed by atoms with Crippen molar-refractivity contribution in [3.8, 4) is 11.8 Å². The summed E-state index contributed by atoms with van der Waals surface area (Å²) in [6, 6.07) is 15.8. The number of thiophene rings is 1. The lowest BCUT2D eigenvalue weighted by molar-refractivity contribution is 0.176. The van der Waals surface area contributed by atoms with E-state index in [1.54, 1.807) is 4.68 Å². The van der Waals surface area contributed by atoms with E-state index in [1.165, 1.54) is 4.88 Å². The summed E-state index contributed by atoms with van der Waals surface area (Å²) >= 11 is 1.81. The zero-order valence-corrected chi connectivity index (χ0v) is 20.1. The number of nitrogens with two attached hydrogens (primary N) is 1. The van der Waals surface area contributed by atoms with E-state index in [0.717, 1.165) is 38.2 Å². The molecule has 0 aliphatic carbocycles. The minimum Gasteiger partial charge on any atom is -0.382 e. The van der Waals surface area contributed by atoms with Crippen LogP contribution in [-0.2, 0) is 13.0 Å². The Kier molecular flexibility index (Phi) is 8.17. The summed E-state index contributed by atoms with van der Waals surface area (Å²) in [7, 11) is 0. The van der Waals surface area contributed by atoms with E-state index in [1.807, 2.05) is 41.7 Å². The van der Waals surface area contributed by atoms with E-state index in [9.17, 15) is 10.1 Å². The maximum absolute atomic E-state index is 12.2. The second kappa shape index (κ2) is 11.7. The number of carbonyl (C=O) groups is 1. The van der Waals surface area contributed by atoms with E-state index in [2.05, 4.69) is 44.2 Å². The Morgan fingerprint density at radius 1 is 1.18 bits per heavy atom. The van der Waals surface area contributed by atoms with Crippen molar-refractivity contribution in [1.29, 1.82) is 5.26 Å². The summed E-state index contributed by atoms with van der Waals surface area (Å²) in [5, 5.41) is 22.1. The second-order valence-corrected chi connectivity index (χ2v) is 9.64. The SMILES string of the molecule is N#Cc1c(CCCNC(=O)NCC2CCN(Cc3cccs3)CC2)nn(-c2ccccc2)c1N. The number of anilines is 1. The molecule has 9 heteroatoms. The minimum absolute atomic E-state index is 0.143. The number of nitrogens with zero attached hydrogens (tertiary/aromatic N) is 4. The summed E-state index contributed by atoms with van der Waals surface area (Å²) < 4.78 is 1.60. The predicted molar refractivity (Wildman–Crippen MR) is 135 cm³/mol. The van der Waals surface area contributed by atoms with E-state index in [4.69, 9.17) is 5.73 Å². The lowest BCUT2D eigenvalue weighted by atomic mass is 9.97. The topological polar surface area (TPSA) is 112 Å². The van der Waals surface area contributed by atoms with E-state index in [-0.39, 0.29) is 6.03 Å². The van der Waals surface area contributed by atoms with Gasteiger partial charge in [0.05, 0.1) is 11.4 Å². The third-order valence-corrected chi connectivity index (χ3v) is 7.06. The summed E-state index contributed by atoms with van der Waals surface area (Å²) in [6.45, 7) is 4.39. The fourth-order valence-electron chi connectivity index (χ4n) is 4.27. The van der Waals surface area contributed by atoms with Gasteiger partial charge < -0.3 is 16.4 Å². The number of piperidine rings is 1. The van der Waals surface area contributed by atoms with Crippen molar-refractivity contribution in [3.63, 3.8) is 0 Å². The van der Waals surface area contributed by atoms with Crippen LogP contribution in [0.5, 0.6) is 0 Å². The van der Waals surface area contributed by atoms with Gasteiger partial charge in [0.15, 0.2) is 0 Å². The minimum atomic E-state index is -0.143. The first-order chi connectivity index (χ1) is 16.6. The van der Waals surface area contributed by atoms with Gasteiger partial charge in [0, 0.05) is 24.5 Å². The zero-order chi connectivity index (χ0) is 23.8. The number of aryl methyl sites for hydroxylation is 1. The molecule has 2 aromatic heterocycles. The van der Waals surface area contributed by atoms with Crippen LogP contribution in [0.15, 0.2) is 47.8 Å². The van der Waals surface area contributed by atoms with Crippen LogP contribution in [0.2, 0.25) is 0 Å². The predicted octanol–water partition coefficient (Wildman–Crippen LogP) is 3.53. The molecule has 4 N–H and O–H groups in total. The van der Waals surface area contributed by atoms with Gasteiger partial charge in [0.2, 0.25) is 0 Å². The fraction of sp³-hybridized carbons (Fsp3) is 0.400. The molecular weight excluding hydrogens is 446 g/mol. The van der Waals surface area contributed by atoms with Crippen LogP contribution in [0.1, 0.15) is 35.4 Å². The number of nitrogens with one attached hydrogen (secondary N) is 2. The average molecular weight is 478 g/mol. The van der Waals surface area contributed by atoms with E-state index in [0.29, 0.717) is 48.9 Å². The molecule has 3 heterocycles. The number of nitrogen functional groups attached to an aromatic ring is 1. The first-order valence-electron chi connectivity index (χ1n) is 11.7. The number of hydrogen-bond acceptors (Lipinski definition) is 6. The van der Waals surface area contributed by atoms with Crippen molar-refractivity contribution in [1.82, 2.24) is 25.3 Å². The van der Waals surface area contributed by atoms with Crippen molar-refractivity contribution in [2.75, 3.05) is 31.9 Å². The van der Waals surface area contributed by atoms with Gasteiger partial charge in [0.25, 0.3) is 0 Å². The Morgan fingerprint density at radius 3 is 2.68 bits per heavy atom. The van der Waals surface area contributed by atoms with Crippen molar-refractivity contribution < 1.29 is 4.79 Å². The lowest BCUT2D eigenvalue weighted by Crippen LogP contribution is -2.42. The van der Waals surface area contributed by atoms with Crippen LogP contribution >= 0.6 is 11.3 Å². The molecule has 0 atom stereocenters. The Hall–Kier alpha value is -3.35. The zero-order valence-electron chi connectivity index (χ0n) is 19.2. The van der Waals surface area contributed by atoms with Crippen molar-refractivity contribution in [2.45, 2.75) is 32.2 Å². The van der Waals surface area contributed by atoms with Gasteiger partial charge in [-0.25, -0.2) is 9.48 Å². The number of para-hydroxylation sites is 1. The van der Waals surface area contributed by atoms with Gasteiger partial charge in [-0.1, -0.05) is 24.3 Å². The van der Waals surface area contributed by atoms with Crippen LogP contribution < -0.4 is 16.4 Å². The van der Waals surface area contributed by atoms with Crippen LogP contribution in [0.4, 0.5) is 10.6 Å². The lowest BCUT2D eigenvalue weighted by Gasteiger charge is -2.31. The number of likely N-dealkylation sites (tertiary alicyclic amines) is 1. The molecule has 0 unspecified atom stereocenters. The second-order valence-electron chi connectivity index (χ2n) is 8.61. The molecule has 1 aromatic carbocycles. The molecule has 0 bridgehead atoms. The molecule has 4 rings (SSSR count). The monoisotopic (exact) mass is 477 g/mol. The highest BCUT2D eigenvalue weighted by Crippen LogP contribution is 2.22. The molecule has 1 aliphatic heterocycles. The third kappa shape index (κ3) is 6.16. The summed E-state index contributed by atoms with van der Waals surface area (Å²) in [6.07, 6.45) is 3.45. The van der Waals surface area contributed by atoms with Gasteiger partial charge in [-0.05, 0) is 68.3 Å². The highest BCUT2D eigenvalue weighted by Gasteiger charge is 2.20. The molecule has 34 heavy (non-hydrogen) atoms. The third-order valence-electron chi connectivity index (χ3n) is 6.20. The first kappa shape index (κ1) is 23.8. The summed E-state index contributed by atoms with van der Waals surface area (Å²) in [5.41, 5.74) is 8.02. The molecular formula is C25H31N7OS. The molecule has 178 valence electrons. The van der Waals surface area contributed by atoms with Crippen LogP contribution in [0.3, 0.4) is 0 Å². The highest BCUT2D eigenvalue weighted by atomic mass is 32.1. The maximum Gasteiger partial charge on any atom is 0.314 e. The number of urea groups is 1. The molecule has 0 spiro atoms. The molecule has 3 aromatic rings. The number of nitriles is 1. The van der Waals surface area contributed by atoms with Gasteiger partial charge in [0.1, 0.15) is 17.5 Å². The smallest absolute Gasteiger partial charge is 0.314 e. The molecule has 1 saturated heterocycles. The summed E-state index contributed by atoms with van der Waals surface area (Å²) in [5.74, 6) is 0.865. The number of benzene rings is 1. The Bertz CT molecular complexity index is 1100. The molecule has 0 radical (unpaired) electrons. The van der Waals surface area contributed by atoms with Crippen molar-refractivity contribution in [3.05, 3.63) is 64.0 Å². The molecule has 1 aliphatic rings. The Balaban J connectivity index is 1.15. The van der Waals surface area contributed by atoms with Crippen LogP contribution in [0.25, 0.3) is 5.69 Å². The number of carbonyl (C=O) groups excluding carboxylic acids is 1. The normalized spacial score (nSPS) is 14.6. The molecule has 0 saturated carbocycles. The van der Waals surface area contributed by atoms with Crippen LogP contribution in [-0.4, -0.2) is 46.9 Å². The number of aromatic nitrogens is 2. The average Bonchev–Trinajstić information content (AvgIpc) is 3.49. The molecule has 2 amide bonds. The first-order valence-corrected chi connectivity index (χ1v) is 12.6. The van der Waals surface area contributed by atoms with Crippen molar-refractivity contribution >= 4 is 23.2 Å². The largest absolute Gasteiger partial charge is 0.382 e. The maximum atomic E-state index is 12.2.